The fourth-order valence-corrected chi connectivity index (χ4v) is 5.02. The van der Waals surface area contributed by atoms with Crippen LogP contribution in [0, 0.1) is 0 Å². The number of halogens is 1. The van der Waals surface area contributed by atoms with Crippen LogP contribution in [-0.4, -0.2) is 17.0 Å². The molecule has 0 aliphatic heterocycles. The highest BCUT2D eigenvalue weighted by Gasteiger charge is 2.25. The highest BCUT2D eigenvalue weighted by molar-refractivity contribution is 6.30. The molecular weight excluding hydrogens is 586 g/mol. The van der Waals surface area contributed by atoms with E-state index in [4.69, 9.17) is 21.1 Å². The van der Waals surface area contributed by atoms with Crippen LogP contribution in [0.1, 0.15) is 62.7 Å². The summed E-state index contributed by atoms with van der Waals surface area (Å²) in [4.78, 5) is 27.7. The van der Waals surface area contributed by atoms with E-state index in [1.807, 2.05) is 72.8 Å². The Balaban J connectivity index is 1.56. The zero-order valence-electron chi connectivity index (χ0n) is 25.2. The standard InChI is InChI=1S/C38H34ClNO5/c1-26(2)33-21-34(36(45-25-29-11-7-4-8-12-29)22-35(33)44-24-28-9-5-3-6-10-28)37(41)40(32-19-17-31(39)18-20-32)23-27-13-15-30(16-14-27)38(42)43/h3-22,26H,23-25H2,1-2H3,(H,42,43). The summed E-state index contributed by atoms with van der Waals surface area (Å²) in [5.41, 5.74) is 4.83. The van der Waals surface area contributed by atoms with Crippen molar-refractivity contribution < 1.29 is 24.2 Å². The predicted octanol–water partition coefficient (Wildman–Crippen LogP) is 9.17. The minimum Gasteiger partial charge on any atom is -0.488 e. The van der Waals surface area contributed by atoms with Crippen LogP contribution in [0.15, 0.2) is 121 Å². The predicted molar refractivity (Wildman–Crippen MR) is 177 cm³/mol. The maximum absolute atomic E-state index is 14.6. The molecule has 0 heterocycles. The lowest BCUT2D eigenvalue weighted by atomic mass is 9.97. The molecule has 6 nitrogen and oxygen atoms in total. The molecule has 228 valence electrons. The zero-order valence-corrected chi connectivity index (χ0v) is 25.9. The molecule has 0 unspecified atom stereocenters. The molecule has 1 N–H and O–H groups in total. The first-order valence-corrected chi connectivity index (χ1v) is 15.1. The van der Waals surface area contributed by atoms with E-state index in [0.717, 1.165) is 22.3 Å². The molecule has 0 bridgehead atoms. The topological polar surface area (TPSA) is 76.1 Å². The van der Waals surface area contributed by atoms with Crippen LogP contribution < -0.4 is 14.4 Å². The summed E-state index contributed by atoms with van der Waals surface area (Å²) in [6.07, 6.45) is 0. The van der Waals surface area contributed by atoms with Crippen LogP contribution in [0.25, 0.3) is 0 Å². The van der Waals surface area contributed by atoms with Crippen molar-refractivity contribution >= 4 is 29.2 Å². The monoisotopic (exact) mass is 619 g/mol. The second-order valence-corrected chi connectivity index (χ2v) is 11.4. The van der Waals surface area contributed by atoms with E-state index in [1.165, 1.54) is 12.1 Å². The van der Waals surface area contributed by atoms with Gasteiger partial charge in [0.05, 0.1) is 17.7 Å². The lowest BCUT2D eigenvalue weighted by Crippen LogP contribution is -2.31. The summed E-state index contributed by atoms with van der Waals surface area (Å²) < 4.78 is 12.7. The number of aromatic carboxylic acids is 1. The Morgan fingerprint density at radius 2 is 1.27 bits per heavy atom. The number of carboxylic acid groups (broad SMARTS) is 1. The molecule has 7 heteroatoms. The van der Waals surface area contributed by atoms with Gasteiger partial charge in [-0.3, -0.25) is 4.79 Å². The minimum absolute atomic E-state index is 0.0537. The minimum atomic E-state index is -1.01. The summed E-state index contributed by atoms with van der Waals surface area (Å²) in [6.45, 7) is 4.95. The van der Waals surface area contributed by atoms with Gasteiger partial charge in [0.25, 0.3) is 5.91 Å². The maximum Gasteiger partial charge on any atom is 0.335 e. The number of carboxylic acids is 1. The van der Waals surface area contributed by atoms with Crippen molar-refractivity contribution in [2.75, 3.05) is 4.90 Å². The highest BCUT2D eigenvalue weighted by atomic mass is 35.5. The molecule has 0 spiro atoms. The average molecular weight is 620 g/mol. The number of nitrogens with zero attached hydrogens (tertiary/aromatic N) is 1. The Morgan fingerprint density at radius 1 is 0.711 bits per heavy atom. The number of benzene rings is 5. The molecule has 0 saturated carbocycles. The molecule has 5 aromatic rings. The van der Waals surface area contributed by atoms with E-state index in [9.17, 15) is 14.7 Å². The summed E-state index contributed by atoms with van der Waals surface area (Å²) in [5.74, 6) is -0.187. The molecule has 5 aromatic carbocycles. The SMILES string of the molecule is CC(C)c1cc(C(=O)N(Cc2ccc(C(=O)O)cc2)c2ccc(Cl)cc2)c(OCc2ccccc2)cc1OCc1ccccc1. The third-order valence-electron chi connectivity index (χ3n) is 7.36. The molecule has 0 aromatic heterocycles. The van der Waals surface area contributed by atoms with Gasteiger partial charge in [0.15, 0.2) is 0 Å². The Bertz CT molecular complexity index is 1740. The fourth-order valence-electron chi connectivity index (χ4n) is 4.89. The fraction of sp³-hybridized carbons (Fsp3) is 0.158. The first-order chi connectivity index (χ1) is 21.8. The van der Waals surface area contributed by atoms with Crippen molar-refractivity contribution in [1.82, 2.24) is 0 Å². The second kappa shape index (κ2) is 14.6. The Morgan fingerprint density at radius 3 is 1.80 bits per heavy atom. The first-order valence-electron chi connectivity index (χ1n) is 14.7. The third kappa shape index (κ3) is 8.11. The number of hydrogen-bond acceptors (Lipinski definition) is 4. The highest BCUT2D eigenvalue weighted by Crippen LogP contribution is 2.36. The zero-order chi connectivity index (χ0) is 31.8. The molecule has 1 amide bonds. The van der Waals surface area contributed by atoms with Gasteiger partial charge in [-0.1, -0.05) is 98.2 Å². The number of hydrogen-bond donors (Lipinski definition) is 1. The molecular formula is C38H34ClNO5. The molecule has 0 fully saturated rings. The first kappa shape index (κ1) is 31.4. The van der Waals surface area contributed by atoms with E-state index >= 15 is 0 Å². The van der Waals surface area contributed by atoms with Gasteiger partial charge in [-0.2, -0.15) is 0 Å². The Hall–Kier alpha value is -5.07. The van der Waals surface area contributed by atoms with Gasteiger partial charge in [-0.25, -0.2) is 4.79 Å². The van der Waals surface area contributed by atoms with E-state index in [2.05, 4.69) is 13.8 Å². The van der Waals surface area contributed by atoms with E-state index in [1.54, 1.807) is 41.3 Å². The van der Waals surface area contributed by atoms with Crippen LogP contribution in [0.2, 0.25) is 5.02 Å². The van der Waals surface area contributed by atoms with Gasteiger partial charge >= 0.3 is 5.97 Å². The third-order valence-corrected chi connectivity index (χ3v) is 7.62. The van der Waals surface area contributed by atoms with Gasteiger partial charge in [-0.05, 0) is 70.6 Å². The van der Waals surface area contributed by atoms with E-state index in [0.29, 0.717) is 34.4 Å². The van der Waals surface area contributed by atoms with Gasteiger partial charge < -0.3 is 19.5 Å². The van der Waals surface area contributed by atoms with Crippen LogP contribution in [0.3, 0.4) is 0 Å². The van der Waals surface area contributed by atoms with Crippen LogP contribution in [0.4, 0.5) is 5.69 Å². The number of ether oxygens (including phenoxy) is 2. The van der Waals surface area contributed by atoms with Crippen LogP contribution in [-0.2, 0) is 19.8 Å². The molecule has 0 aliphatic rings. The van der Waals surface area contributed by atoms with Crippen LogP contribution in [0.5, 0.6) is 11.5 Å². The maximum atomic E-state index is 14.6. The molecule has 0 aliphatic carbocycles. The molecule has 0 radical (unpaired) electrons. The van der Waals surface area contributed by atoms with Crippen molar-refractivity contribution in [3.63, 3.8) is 0 Å². The number of carbonyl (C=O) groups is 2. The number of carbonyl (C=O) groups excluding carboxylic acids is 1. The molecule has 5 rings (SSSR count). The summed E-state index contributed by atoms with van der Waals surface area (Å²) in [7, 11) is 0. The lowest BCUT2D eigenvalue weighted by molar-refractivity contribution is 0.0696. The molecule has 45 heavy (non-hydrogen) atoms. The number of anilines is 1. The van der Waals surface area contributed by atoms with Gasteiger partial charge in [0, 0.05) is 16.8 Å². The normalized spacial score (nSPS) is 10.8. The van der Waals surface area contributed by atoms with Crippen molar-refractivity contribution in [1.29, 1.82) is 0 Å². The van der Waals surface area contributed by atoms with Crippen molar-refractivity contribution in [3.05, 3.63) is 160 Å². The summed E-state index contributed by atoms with van der Waals surface area (Å²) in [5, 5.41) is 9.90. The smallest absolute Gasteiger partial charge is 0.335 e. The van der Waals surface area contributed by atoms with Gasteiger partial charge in [-0.15, -0.1) is 0 Å². The number of amides is 1. The summed E-state index contributed by atoms with van der Waals surface area (Å²) in [6, 6.07) is 36.9. The molecule has 0 atom stereocenters. The Kier molecular flexibility index (Phi) is 10.2. The van der Waals surface area contributed by atoms with Gasteiger partial charge in [0.2, 0.25) is 0 Å². The molecule has 0 saturated heterocycles. The average Bonchev–Trinajstić information content (AvgIpc) is 3.06. The summed E-state index contributed by atoms with van der Waals surface area (Å²) >= 11 is 6.20. The Labute approximate surface area is 268 Å². The van der Waals surface area contributed by atoms with Crippen molar-refractivity contribution in [2.24, 2.45) is 0 Å². The quantitative estimate of drug-likeness (QED) is 0.151. The van der Waals surface area contributed by atoms with Crippen molar-refractivity contribution in [2.45, 2.75) is 39.5 Å². The van der Waals surface area contributed by atoms with Crippen LogP contribution >= 0.6 is 11.6 Å². The largest absolute Gasteiger partial charge is 0.488 e. The van der Waals surface area contributed by atoms with Crippen molar-refractivity contribution in [3.8, 4) is 11.5 Å². The van der Waals surface area contributed by atoms with Gasteiger partial charge in [0.1, 0.15) is 24.7 Å². The van der Waals surface area contributed by atoms with E-state index in [-0.39, 0.29) is 30.5 Å². The number of rotatable bonds is 12. The van der Waals surface area contributed by atoms with E-state index < -0.39 is 5.97 Å². The second-order valence-electron chi connectivity index (χ2n) is 11.0. The lowest BCUT2D eigenvalue weighted by Gasteiger charge is -2.26.